The van der Waals surface area contributed by atoms with Crippen molar-refractivity contribution in [2.24, 2.45) is 0 Å². The minimum atomic E-state index is 0.434. The Kier molecular flexibility index (Phi) is 3.85. The molecule has 2 atom stereocenters. The Balaban J connectivity index is 1.81. The largest absolute Gasteiger partial charge is 0.365 e. The van der Waals surface area contributed by atoms with Crippen LogP contribution in [0.5, 0.6) is 0 Å². The van der Waals surface area contributed by atoms with E-state index >= 15 is 0 Å². The van der Waals surface area contributed by atoms with Gasteiger partial charge in [0.05, 0.1) is 0 Å². The van der Waals surface area contributed by atoms with Gasteiger partial charge in [-0.1, -0.05) is 37.3 Å². The van der Waals surface area contributed by atoms with Gasteiger partial charge < -0.3 is 10.2 Å². The smallest absolute Gasteiger partial charge is 0.0499 e. The van der Waals surface area contributed by atoms with Crippen LogP contribution in [0.1, 0.15) is 24.9 Å². The molecule has 0 spiro atoms. The number of hydrogen-bond acceptors (Lipinski definition) is 3. The number of benzene rings is 1. The zero-order valence-electron chi connectivity index (χ0n) is 11.3. The predicted molar refractivity (Wildman–Crippen MR) is 82.9 cm³/mol. The molecule has 0 bridgehead atoms. The predicted octanol–water partition coefficient (Wildman–Crippen LogP) is 3.68. The molecule has 2 nitrogen and oxygen atoms in total. The zero-order valence-corrected chi connectivity index (χ0v) is 12.1. The third kappa shape index (κ3) is 2.67. The minimum absolute atomic E-state index is 0.434. The molecule has 0 aliphatic carbocycles. The van der Waals surface area contributed by atoms with Crippen LogP contribution >= 0.6 is 11.3 Å². The van der Waals surface area contributed by atoms with Gasteiger partial charge >= 0.3 is 0 Å². The normalized spacial score (nSPS) is 23.5. The van der Waals surface area contributed by atoms with E-state index in [1.165, 1.54) is 17.7 Å². The average molecular weight is 272 g/mol. The van der Waals surface area contributed by atoms with E-state index in [9.17, 15) is 0 Å². The lowest BCUT2D eigenvalue weighted by Gasteiger charge is -2.41. The van der Waals surface area contributed by atoms with Crippen LogP contribution in [-0.2, 0) is 0 Å². The standard InChI is InChI=1S/C16H20N2S/c1-2-14-10-17-16(13-6-4-3-5-7-13)11-18(14)15-8-9-19-12-15/h3-9,12,14,16-17H,2,10-11H2,1H3. The van der Waals surface area contributed by atoms with Gasteiger partial charge in [0.25, 0.3) is 0 Å². The highest BCUT2D eigenvalue weighted by Crippen LogP contribution is 2.28. The van der Waals surface area contributed by atoms with E-state index in [1.54, 1.807) is 11.3 Å². The van der Waals surface area contributed by atoms with Gasteiger partial charge in [0.1, 0.15) is 0 Å². The van der Waals surface area contributed by atoms with E-state index in [0.29, 0.717) is 12.1 Å². The highest BCUT2D eigenvalue weighted by molar-refractivity contribution is 7.08. The number of hydrogen-bond donors (Lipinski definition) is 1. The van der Waals surface area contributed by atoms with E-state index in [-0.39, 0.29) is 0 Å². The maximum absolute atomic E-state index is 3.69. The first-order valence-electron chi connectivity index (χ1n) is 6.95. The Morgan fingerprint density at radius 3 is 2.79 bits per heavy atom. The van der Waals surface area contributed by atoms with Gasteiger partial charge in [-0.15, -0.1) is 0 Å². The van der Waals surface area contributed by atoms with Crippen LogP contribution in [0.15, 0.2) is 47.2 Å². The number of nitrogens with zero attached hydrogens (tertiary/aromatic N) is 1. The third-order valence-electron chi connectivity index (χ3n) is 3.93. The van der Waals surface area contributed by atoms with Gasteiger partial charge in [0, 0.05) is 36.2 Å². The van der Waals surface area contributed by atoms with E-state index in [4.69, 9.17) is 0 Å². The Morgan fingerprint density at radius 2 is 2.11 bits per heavy atom. The molecule has 100 valence electrons. The van der Waals surface area contributed by atoms with Crippen molar-refractivity contribution in [2.75, 3.05) is 18.0 Å². The quantitative estimate of drug-likeness (QED) is 0.917. The van der Waals surface area contributed by atoms with Crippen molar-refractivity contribution in [3.05, 3.63) is 52.7 Å². The van der Waals surface area contributed by atoms with Crippen molar-refractivity contribution in [3.63, 3.8) is 0 Å². The highest BCUT2D eigenvalue weighted by Gasteiger charge is 2.27. The van der Waals surface area contributed by atoms with Crippen LogP contribution in [0.4, 0.5) is 5.69 Å². The topological polar surface area (TPSA) is 15.3 Å². The van der Waals surface area contributed by atoms with Crippen LogP contribution in [0.2, 0.25) is 0 Å². The first kappa shape index (κ1) is 12.7. The second-order valence-electron chi connectivity index (χ2n) is 5.07. The SMILES string of the molecule is CCC1CNC(c2ccccc2)CN1c1ccsc1. The van der Waals surface area contributed by atoms with Gasteiger partial charge in [-0.2, -0.15) is 11.3 Å². The second kappa shape index (κ2) is 5.76. The summed E-state index contributed by atoms with van der Waals surface area (Å²) in [5.41, 5.74) is 2.76. The van der Waals surface area contributed by atoms with E-state index in [0.717, 1.165) is 13.1 Å². The van der Waals surface area contributed by atoms with Gasteiger partial charge in [0.15, 0.2) is 0 Å². The molecule has 1 aromatic heterocycles. The maximum Gasteiger partial charge on any atom is 0.0499 e. The van der Waals surface area contributed by atoms with E-state index in [2.05, 4.69) is 64.3 Å². The summed E-state index contributed by atoms with van der Waals surface area (Å²) in [6.45, 7) is 4.39. The molecule has 0 radical (unpaired) electrons. The molecule has 1 fully saturated rings. The summed E-state index contributed by atoms with van der Waals surface area (Å²) in [7, 11) is 0. The summed E-state index contributed by atoms with van der Waals surface area (Å²) >= 11 is 1.78. The van der Waals surface area contributed by atoms with Crippen molar-refractivity contribution < 1.29 is 0 Å². The van der Waals surface area contributed by atoms with Crippen LogP contribution in [-0.4, -0.2) is 19.1 Å². The molecule has 3 rings (SSSR count). The molecular weight excluding hydrogens is 252 g/mol. The van der Waals surface area contributed by atoms with Crippen molar-refractivity contribution in [1.82, 2.24) is 5.32 Å². The number of rotatable bonds is 3. The Hall–Kier alpha value is -1.32. The first-order chi connectivity index (χ1) is 9.38. The molecule has 0 amide bonds. The average Bonchev–Trinajstić information content (AvgIpc) is 3.01. The summed E-state index contributed by atoms with van der Waals surface area (Å²) in [5.74, 6) is 0. The molecular formula is C16H20N2S. The monoisotopic (exact) mass is 272 g/mol. The van der Waals surface area contributed by atoms with Gasteiger partial charge in [-0.25, -0.2) is 0 Å². The highest BCUT2D eigenvalue weighted by atomic mass is 32.1. The van der Waals surface area contributed by atoms with Crippen molar-refractivity contribution >= 4 is 17.0 Å². The number of anilines is 1. The Labute approximate surface area is 119 Å². The van der Waals surface area contributed by atoms with Crippen LogP contribution in [0, 0.1) is 0 Å². The third-order valence-corrected chi connectivity index (χ3v) is 4.60. The van der Waals surface area contributed by atoms with Crippen molar-refractivity contribution in [2.45, 2.75) is 25.4 Å². The van der Waals surface area contributed by atoms with Crippen LogP contribution in [0.25, 0.3) is 0 Å². The minimum Gasteiger partial charge on any atom is -0.365 e. The van der Waals surface area contributed by atoms with E-state index in [1.807, 2.05) is 0 Å². The molecule has 0 saturated carbocycles. The molecule has 2 aromatic rings. The molecule has 2 unspecified atom stereocenters. The molecule has 1 N–H and O–H groups in total. The van der Waals surface area contributed by atoms with Crippen LogP contribution in [0.3, 0.4) is 0 Å². The summed E-state index contributed by atoms with van der Waals surface area (Å²) in [4.78, 5) is 2.56. The van der Waals surface area contributed by atoms with Crippen molar-refractivity contribution in [1.29, 1.82) is 0 Å². The Bertz CT molecular complexity index is 495. The summed E-state index contributed by atoms with van der Waals surface area (Å²) < 4.78 is 0. The fraction of sp³-hybridized carbons (Fsp3) is 0.375. The molecule has 1 aromatic carbocycles. The fourth-order valence-electron chi connectivity index (χ4n) is 2.81. The summed E-state index contributed by atoms with van der Waals surface area (Å²) in [5, 5.41) is 8.12. The lowest BCUT2D eigenvalue weighted by molar-refractivity contribution is 0.393. The number of piperazine rings is 1. The number of thiophene rings is 1. The zero-order chi connectivity index (χ0) is 13.1. The van der Waals surface area contributed by atoms with Crippen molar-refractivity contribution in [3.8, 4) is 0 Å². The maximum atomic E-state index is 3.69. The molecule has 19 heavy (non-hydrogen) atoms. The summed E-state index contributed by atoms with van der Waals surface area (Å²) in [6, 6.07) is 14.0. The summed E-state index contributed by atoms with van der Waals surface area (Å²) in [6.07, 6.45) is 1.18. The fourth-order valence-corrected chi connectivity index (χ4v) is 3.46. The Morgan fingerprint density at radius 1 is 1.26 bits per heavy atom. The molecule has 1 saturated heterocycles. The second-order valence-corrected chi connectivity index (χ2v) is 5.85. The number of nitrogens with one attached hydrogen (secondary N) is 1. The van der Waals surface area contributed by atoms with Crippen LogP contribution < -0.4 is 10.2 Å². The first-order valence-corrected chi connectivity index (χ1v) is 7.90. The molecule has 3 heteroatoms. The van der Waals surface area contributed by atoms with Gasteiger partial charge in [0.2, 0.25) is 0 Å². The lowest BCUT2D eigenvalue weighted by atomic mass is 10.0. The molecule has 1 aliphatic rings. The lowest BCUT2D eigenvalue weighted by Crippen LogP contribution is -2.52. The van der Waals surface area contributed by atoms with E-state index < -0.39 is 0 Å². The molecule has 1 aliphatic heterocycles. The van der Waals surface area contributed by atoms with Gasteiger partial charge in [-0.05, 0) is 23.4 Å². The molecule has 2 heterocycles. The van der Waals surface area contributed by atoms with Gasteiger partial charge in [-0.3, -0.25) is 0 Å².